The molecule has 0 saturated heterocycles. The maximum Gasteiger partial charge on any atom is 0.130 e. The van der Waals surface area contributed by atoms with Crippen LogP contribution in [0.15, 0.2) is 18.2 Å². The Balaban J connectivity index is 2.28. The molecule has 1 aromatic rings. The summed E-state index contributed by atoms with van der Waals surface area (Å²) < 4.78 is 25.7. The van der Waals surface area contributed by atoms with Gasteiger partial charge in [0, 0.05) is 17.7 Å². The van der Waals surface area contributed by atoms with Crippen LogP contribution in [0.4, 0.5) is 8.78 Å². The Labute approximate surface area is 75.6 Å². The Kier molecular flexibility index (Phi) is 2.04. The summed E-state index contributed by atoms with van der Waals surface area (Å²) in [4.78, 5) is 0. The summed E-state index contributed by atoms with van der Waals surface area (Å²) in [5, 5.41) is 0. The van der Waals surface area contributed by atoms with Gasteiger partial charge in [-0.2, -0.15) is 0 Å². The van der Waals surface area contributed by atoms with Gasteiger partial charge in [0.1, 0.15) is 11.6 Å². The predicted molar refractivity (Wildman–Crippen MR) is 46.0 cm³/mol. The van der Waals surface area contributed by atoms with Crippen LogP contribution in [0.5, 0.6) is 0 Å². The first kappa shape index (κ1) is 8.63. The van der Waals surface area contributed by atoms with Crippen molar-refractivity contribution in [1.82, 2.24) is 0 Å². The number of rotatable bonds is 2. The largest absolute Gasteiger partial charge is 0.324 e. The number of hydrogen-bond acceptors (Lipinski definition) is 1. The summed E-state index contributed by atoms with van der Waals surface area (Å²) in [7, 11) is 0. The molecule has 0 amide bonds. The smallest absolute Gasteiger partial charge is 0.130 e. The van der Waals surface area contributed by atoms with Crippen molar-refractivity contribution in [3.8, 4) is 0 Å². The zero-order chi connectivity index (χ0) is 9.42. The maximum atomic E-state index is 13.2. The molecule has 1 aromatic carbocycles. The SMILES string of the molecule is N[C@H](c1ccc(F)cc1F)C1CC1. The van der Waals surface area contributed by atoms with Gasteiger partial charge in [0.15, 0.2) is 0 Å². The molecular formula is C10H11F2N. The van der Waals surface area contributed by atoms with Crippen molar-refractivity contribution in [2.75, 3.05) is 0 Å². The predicted octanol–water partition coefficient (Wildman–Crippen LogP) is 2.37. The first-order valence-corrected chi connectivity index (χ1v) is 4.39. The molecule has 0 bridgehead atoms. The lowest BCUT2D eigenvalue weighted by Gasteiger charge is -2.11. The van der Waals surface area contributed by atoms with E-state index >= 15 is 0 Å². The van der Waals surface area contributed by atoms with Gasteiger partial charge in [-0.1, -0.05) is 6.07 Å². The normalized spacial score (nSPS) is 18.7. The van der Waals surface area contributed by atoms with E-state index < -0.39 is 11.6 Å². The third-order valence-electron chi connectivity index (χ3n) is 2.45. The number of nitrogens with two attached hydrogens (primary N) is 1. The molecule has 1 fully saturated rings. The van der Waals surface area contributed by atoms with Gasteiger partial charge in [-0.15, -0.1) is 0 Å². The second-order valence-corrected chi connectivity index (χ2v) is 3.53. The van der Waals surface area contributed by atoms with Crippen LogP contribution in [0.3, 0.4) is 0 Å². The average molecular weight is 183 g/mol. The van der Waals surface area contributed by atoms with Crippen molar-refractivity contribution < 1.29 is 8.78 Å². The first-order chi connectivity index (χ1) is 6.18. The number of halogens is 2. The first-order valence-electron chi connectivity index (χ1n) is 4.39. The molecule has 2 N–H and O–H groups in total. The molecular weight excluding hydrogens is 172 g/mol. The van der Waals surface area contributed by atoms with E-state index in [0.29, 0.717) is 11.5 Å². The third kappa shape index (κ3) is 1.70. The zero-order valence-corrected chi connectivity index (χ0v) is 7.13. The minimum Gasteiger partial charge on any atom is -0.324 e. The second-order valence-electron chi connectivity index (χ2n) is 3.53. The van der Waals surface area contributed by atoms with Crippen LogP contribution in [-0.2, 0) is 0 Å². The molecule has 3 heteroatoms. The summed E-state index contributed by atoms with van der Waals surface area (Å²) in [5.41, 5.74) is 6.22. The summed E-state index contributed by atoms with van der Waals surface area (Å²) >= 11 is 0. The van der Waals surface area contributed by atoms with Crippen LogP contribution in [0.1, 0.15) is 24.4 Å². The standard InChI is InChI=1S/C10H11F2N/c11-7-3-4-8(9(12)5-7)10(13)6-1-2-6/h3-6,10H,1-2,13H2/t10-/m0/s1. The van der Waals surface area contributed by atoms with Crippen LogP contribution in [0, 0.1) is 17.6 Å². The van der Waals surface area contributed by atoms with Crippen LogP contribution in [0.25, 0.3) is 0 Å². The van der Waals surface area contributed by atoms with Crippen molar-refractivity contribution in [2.24, 2.45) is 11.7 Å². The van der Waals surface area contributed by atoms with Crippen molar-refractivity contribution in [3.05, 3.63) is 35.4 Å². The van der Waals surface area contributed by atoms with Crippen LogP contribution >= 0.6 is 0 Å². The molecule has 2 rings (SSSR count). The molecule has 0 heterocycles. The van der Waals surface area contributed by atoms with Gasteiger partial charge in [0.2, 0.25) is 0 Å². The summed E-state index contributed by atoms with van der Waals surface area (Å²) in [6.07, 6.45) is 2.11. The van der Waals surface area contributed by atoms with E-state index in [1.54, 1.807) is 0 Å². The van der Waals surface area contributed by atoms with Crippen molar-refractivity contribution >= 4 is 0 Å². The Morgan fingerprint density at radius 2 is 2.00 bits per heavy atom. The molecule has 0 radical (unpaired) electrons. The van der Waals surface area contributed by atoms with Gasteiger partial charge in [0.25, 0.3) is 0 Å². The van der Waals surface area contributed by atoms with E-state index in [2.05, 4.69) is 0 Å². The number of benzene rings is 1. The van der Waals surface area contributed by atoms with E-state index in [1.165, 1.54) is 12.1 Å². The second kappa shape index (κ2) is 3.07. The molecule has 70 valence electrons. The summed E-state index contributed by atoms with van der Waals surface area (Å²) in [6, 6.07) is 3.31. The Morgan fingerprint density at radius 1 is 1.31 bits per heavy atom. The van der Waals surface area contributed by atoms with E-state index in [4.69, 9.17) is 5.73 Å². The van der Waals surface area contributed by atoms with Crippen LogP contribution in [0.2, 0.25) is 0 Å². The fourth-order valence-electron chi connectivity index (χ4n) is 1.48. The van der Waals surface area contributed by atoms with Crippen molar-refractivity contribution in [3.63, 3.8) is 0 Å². The van der Waals surface area contributed by atoms with Gasteiger partial charge in [-0.25, -0.2) is 8.78 Å². The fourth-order valence-corrected chi connectivity index (χ4v) is 1.48. The summed E-state index contributed by atoms with van der Waals surface area (Å²) in [6.45, 7) is 0. The molecule has 1 atom stereocenters. The highest BCUT2D eigenvalue weighted by atomic mass is 19.1. The highest BCUT2D eigenvalue weighted by Crippen LogP contribution is 2.40. The lowest BCUT2D eigenvalue weighted by Crippen LogP contribution is -2.14. The highest BCUT2D eigenvalue weighted by molar-refractivity contribution is 5.23. The third-order valence-corrected chi connectivity index (χ3v) is 2.45. The fraction of sp³-hybridized carbons (Fsp3) is 0.400. The zero-order valence-electron chi connectivity index (χ0n) is 7.13. The van der Waals surface area contributed by atoms with Crippen LogP contribution in [-0.4, -0.2) is 0 Å². The quantitative estimate of drug-likeness (QED) is 0.748. The van der Waals surface area contributed by atoms with Gasteiger partial charge >= 0.3 is 0 Å². The average Bonchev–Trinajstić information content (AvgIpc) is 2.85. The van der Waals surface area contributed by atoms with Crippen LogP contribution < -0.4 is 5.73 Å². The monoisotopic (exact) mass is 183 g/mol. The minimum absolute atomic E-state index is 0.263. The summed E-state index contributed by atoms with van der Waals surface area (Å²) in [5.74, 6) is -0.691. The minimum atomic E-state index is -0.552. The van der Waals surface area contributed by atoms with E-state index in [9.17, 15) is 8.78 Å². The molecule has 1 saturated carbocycles. The van der Waals surface area contributed by atoms with Gasteiger partial charge in [-0.3, -0.25) is 0 Å². The van der Waals surface area contributed by atoms with Crippen molar-refractivity contribution in [1.29, 1.82) is 0 Å². The molecule has 1 aliphatic rings. The molecule has 1 aliphatic carbocycles. The topological polar surface area (TPSA) is 26.0 Å². The molecule has 1 nitrogen and oxygen atoms in total. The molecule has 0 aromatic heterocycles. The number of hydrogen-bond donors (Lipinski definition) is 1. The molecule has 13 heavy (non-hydrogen) atoms. The van der Waals surface area contributed by atoms with E-state index in [1.807, 2.05) is 0 Å². The van der Waals surface area contributed by atoms with E-state index in [0.717, 1.165) is 18.9 Å². The van der Waals surface area contributed by atoms with E-state index in [-0.39, 0.29) is 6.04 Å². The Hall–Kier alpha value is -0.960. The van der Waals surface area contributed by atoms with Gasteiger partial charge in [0.05, 0.1) is 0 Å². The molecule has 0 spiro atoms. The molecule has 0 aliphatic heterocycles. The van der Waals surface area contributed by atoms with Gasteiger partial charge < -0.3 is 5.73 Å². The highest BCUT2D eigenvalue weighted by Gasteiger charge is 2.30. The van der Waals surface area contributed by atoms with Crippen molar-refractivity contribution in [2.45, 2.75) is 18.9 Å². The Bertz CT molecular complexity index is 321. The lowest BCUT2D eigenvalue weighted by atomic mass is 10.0. The lowest BCUT2D eigenvalue weighted by molar-refractivity contribution is 0.536. The maximum absolute atomic E-state index is 13.2. The molecule has 0 unspecified atom stereocenters. The Morgan fingerprint density at radius 3 is 2.54 bits per heavy atom. The van der Waals surface area contributed by atoms with Gasteiger partial charge in [-0.05, 0) is 24.8 Å².